The first kappa shape index (κ1) is 21.0. The van der Waals surface area contributed by atoms with Crippen molar-refractivity contribution in [1.29, 1.82) is 0 Å². The van der Waals surface area contributed by atoms with Crippen molar-refractivity contribution >= 4 is 39.4 Å². The van der Waals surface area contributed by atoms with E-state index in [0.717, 1.165) is 61.1 Å². The molecule has 7 heteroatoms. The topological polar surface area (TPSA) is 56.0 Å². The van der Waals surface area contributed by atoms with Crippen LogP contribution in [0.5, 0.6) is 0 Å². The van der Waals surface area contributed by atoms with Crippen molar-refractivity contribution in [3.05, 3.63) is 59.5 Å². The Labute approximate surface area is 192 Å². The Morgan fingerprint density at radius 1 is 1.12 bits per heavy atom. The van der Waals surface area contributed by atoms with Gasteiger partial charge >= 0.3 is 0 Å². The van der Waals surface area contributed by atoms with Crippen LogP contribution in [-0.4, -0.2) is 43.2 Å². The molecule has 6 nitrogen and oxygen atoms in total. The summed E-state index contributed by atoms with van der Waals surface area (Å²) in [7, 11) is 0. The molecule has 0 bridgehead atoms. The van der Waals surface area contributed by atoms with E-state index in [-0.39, 0.29) is 11.8 Å². The number of aryl methyl sites for hydroxylation is 2. The number of imidazole rings is 1. The highest BCUT2D eigenvalue weighted by atomic mass is 35.5. The van der Waals surface area contributed by atoms with Crippen molar-refractivity contribution in [2.75, 3.05) is 13.1 Å². The number of aromatic nitrogens is 4. The third-order valence-corrected chi connectivity index (χ3v) is 6.77. The number of piperidine rings is 1. The van der Waals surface area contributed by atoms with Crippen molar-refractivity contribution < 1.29 is 4.79 Å². The third kappa shape index (κ3) is 3.88. The standard InChI is InChI=1S/C25H28ClN5O/c1-2-13-30-23-10-4-3-9-21(23)28-25(30)18-7-6-14-29(17-18)24(32)12-15-31-22-11-5-8-20(26)19(22)16-27-31/h3-5,8-11,16,18H,2,6-7,12-15,17H2,1H3. The Bertz CT molecular complexity index is 1260. The molecule has 4 aromatic rings. The van der Waals surface area contributed by atoms with Gasteiger partial charge in [-0.25, -0.2) is 4.98 Å². The van der Waals surface area contributed by atoms with Crippen molar-refractivity contribution in [3.63, 3.8) is 0 Å². The minimum Gasteiger partial charge on any atom is -0.342 e. The molecule has 1 aliphatic rings. The van der Waals surface area contributed by atoms with E-state index >= 15 is 0 Å². The largest absolute Gasteiger partial charge is 0.342 e. The number of nitrogens with zero attached hydrogens (tertiary/aromatic N) is 5. The lowest BCUT2D eigenvalue weighted by Crippen LogP contribution is -2.40. The third-order valence-electron chi connectivity index (χ3n) is 6.44. The van der Waals surface area contributed by atoms with Crippen LogP contribution < -0.4 is 0 Å². The molecular formula is C25H28ClN5O. The lowest BCUT2D eigenvalue weighted by Gasteiger charge is -2.33. The Balaban J connectivity index is 1.31. The average Bonchev–Trinajstić information content (AvgIpc) is 3.40. The Hall–Kier alpha value is -2.86. The van der Waals surface area contributed by atoms with E-state index in [4.69, 9.17) is 16.6 Å². The summed E-state index contributed by atoms with van der Waals surface area (Å²) in [5.41, 5.74) is 3.20. The molecule has 0 N–H and O–H groups in total. The van der Waals surface area contributed by atoms with Crippen molar-refractivity contribution in [2.45, 2.75) is 51.6 Å². The average molecular weight is 450 g/mol. The lowest BCUT2D eigenvalue weighted by molar-refractivity contribution is -0.132. The Kier molecular flexibility index (Phi) is 5.87. The van der Waals surface area contributed by atoms with Crippen LogP contribution in [0.25, 0.3) is 21.9 Å². The summed E-state index contributed by atoms with van der Waals surface area (Å²) < 4.78 is 4.23. The molecule has 0 saturated carbocycles. The minimum atomic E-state index is 0.179. The second-order valence-electron chi connectivity index (χ2n) is 8.58. The SMILES string of the molecule is CCCn1c(C2CCCN(C(=O)CCn3ncc4c(Cl)cccc43)C2)nc2ccccc21. The number of hydrogen-bond acceptors (Lipinski definition) is 3. The van der Waals surface area contributed by atoms with E-state index in [9.17, 15) is 4.79 Å². The molecule has 2 aromatic carbocycles. The molecule has 1 amide bonds. The maximum Gasteiger partial charge on any atom is 0.224 e. The highest BCUT2D eigenvalue weighted by Crippen LogP contribution is 2.30. The second-order valence-corrected chi connectivity index (χ2v) is 8.99. The van der Waals surface area contributed by atoms with E-state index in [1.165, 1.54) is 5.52 Å². The van der Waals surface area contributed by atoms with Crippen molar-refractivity contribution in [1.82, 2.24) is 24.2 Å². The maximum absolute atomic E-state index is 13.1. The van der Waals surface area contributed by atoms with Gasteiger partial charge in [0, 0.05) is 37.4 Å². The molecule has 0 radical (unpaired) electrons. The first-order valence-electron chi connectivity index (χ1n) is 11.5. The highest BCUT2D eigenvalue weighted by molar-refractivity contribution is 6.35. The van der Waals surface area contributed by atoms with Gasteiger partial charge in [-0.05, 0) is 43.5 Å². The van der Waals surface area contributed by atoms with Crippen LogP contribution >= 0.6 is 11.6 Å². The zero-order valence-electron chi connectivity index (χ0n) is 18.4. The summed E-state index contributed by atoms with van der Waals surface area (Å²) in [4.78, 5) is 20.1. The van der Waals surface area contributed by atoms with Crippen LogP contribution in [0.15, 0.2) is 48.7 Å². The van der Waals surface area contributed by atoms with Gasteiger partial charge in [0.1, 0.15) is 5.82 Å². The van der Waals surface area contributed by atoms with Gasteiger partial charge in [0.15, 0.2) is 0 Å². The molecule has 1 fully saturated rings. The molecule has 1 unspecified atom stereocenters. The minimum absolute atomic E-state index is 0.179. The van der Waals surface area contributed by atoms with Crippen LogP contribution in [-0.2, 0) is 17.9 Å². The van der Waals surface area contributed by atoms with Crippen molar-refractivity contribution in [2.24, 2.45) is 0 Å². The lowest BCUT2D eigenvalue weighted by atomic mass is 9.96. The highest BCUT2D eigenvalue weighted by Gasteiger charge is 2.28. The van der Waals surface area contributed by atoms with Gasteiger partial charge in [-0.2, -0.15) is 5.10 Å². The Morgan fingerprint density at radius 2 is 1.97 bits per heavy atom. The van der Waals surface area contributed by atoms with E-state index < -0.39 is 0 Å². The van der Waals surface area contributed by atoms with Crippen LogP contribution in [0.2, 0.25) is 5.02 Å². The second kappa shape index (κ2) is 8.94. The molecule has 0 spiro atoms. The smallest absolute Gasteiger partial charge is 0.224 e. The fraction of sp³-hybridized carbons (Fsp3) is 0.400. The summed E-state index contributed by atoms with van der Waals surface area (Å²) in [6.07, 6.45) is 5.34. The van der Waals surface area contributed by atoms with Gasteiger partial charge in [-0.3, -0.25) is 9.48 Å². The van der Waals surface area contributed by atoms with Gasteiger partial charge in [0.25, 0.3) is 0 Å². The number of carbonyl (C=O) groups is 1. The van der Waals surface area contributed by atoms with Crippen LogP contribution in [0.1, 0.15) is 44.3 Å². The monoisotopic (exact) mass is 449 g/mol. The van der Waals surface area contributed by atoms with Crippen LogP contribution in [0.3, 0.4) is 0 Å². The summed E-state index contributed by atoms with van der Waals surface area (Å²) in [5.74, 6) is 1.58. The number of hydrogen-bond donors (Lipinski definition) is 0. The molecule has 3 heterocycles. The van der Waals surface area contributed by atoms with Gasteiger partial charge in [-0.1, -0.05) is 36.7 Å². The number of amides is 1. The summed E-state index contributed by atoms with van der Waals surface area (Å²) >= 11 is 6.26. The molecule has 5 rings (SSSR count). The molecule has 0 aliphatic carbocycles. The molecule has 1 saturated heterocycles. The fourth-order valence-electron chi connectivity index (χ4n) is 4.88. The molecule has 32 heavy (non-hydrogen) atoms. The number of halogens is 1. The molecule has 166 valence electrons. The number of para-hydroxylation sites is 2. The summed E-state index contributed by atoms with van der Waals surface area (Å²) in [6.45, 7) is 5.25. The number of rotatable bonds is 6. The predicted octanol–water partition coefficient (Wildman–Crippen LogP) is 5.25. The van der Waals surface area contributed by atoms with Crippen molar-refractivity contribution in [3.8, 4) is 0 Å². The first-order chi connectivity index (χ1) is 15.7. The zero-order valence-corrected chi connectivity index (χ0v) is 19.1. The van der Waals surface area contributed by atoms with E-state index in [1.807, 2.05) is 33.8 Å². The normalized spacial score (nSPS) is 16.8. The maximum atomic E-state index is 13.1. The number of likely N-dealkylation sites (tertiary alicyclic amines) is 1. The van der Waals surface area contributed by atoms with Gasteiger partial charge in [-0.15, -0.1) is 0 Å². The summed E-state index contributed by atoms with van der Waals surface area (Å²) in [5, 5.41) is 6.05. The van der Waals surface area contributed by atoms with E-state index in [1.54, 1.807) is 6.20 Å². The Morgan fingerprint density at radius 3 is 2.84 bits per heavy atom. The van der Waals surface area contributed by atoms with Crippen LogP contribution in [0, 0.1) is 0 Å². The molecule has 1 atom stereocenters. The number of benzene rings is 2. The zero-order chi connectivity index (χ0) is 22.1. The quantitative estimate of drug-likeness (QED) is 0.404. The van der Waals surface area contributed by atoms with E-state index in [0.29, 0.717) is 18.0 Å². The number of fused-ring (bicyclic) bond motifs is 2. The molecular weight excluding hydrogens is 422 g/mol. The van der Waals surface area contributed by atoms with E-state index in [2.05, 4.69) is 34.8 Å². The molecule has 1 aliphatic heterocycles. The van der Waals surface area contributed by atoms with Gasteiger partial charge in [0.2, 0.25) is 5.91 Å². The molecule has 2 aromatic heterocycles. The first-order valence-corrected chi connectivity index (χ1v) is 11.9. The van der Waals surface area contributed by atoms with Crippen LogP contribution in [0.4, 0.5) is 0 Å². The number of carbonyl (C=O) groups excluding carboxylic acids is 1. The fourth-order valence-corrected chi connectivity index (χ4v) is 5.10. The van der Waals surface area contributed by atoms with Gasteiger partial charge < -0.3 is 9.47 Å². The van der Waals surface area contributed by atoms with Gasteiger partial charge in [0.05, 0.1) is 34.3 Å². The predicted molar refractivity (Wildman–Crippen MR) is 128 cm³/mol. The summed E-state index contributed by atoms with van der Waals surface area (Å²) in [6, 6.07) is 14.1.